The lowest BCUT2D eigenvalue weighted by Gasteiger charge is -2.29. The standard InChI is InChI=1S/C22H23NO4/c1-22(2,3)20(25)17-18(14-8-6-5-7-9-14)23(21(26)19(17)24)15-10-12-16(27-4)13-11-15/h5-13,18,24H,1-4H3. The highest BCUT2D eigenvalue weighted by atomic mass is 16.5. The number of ketones is 1. The summed E-state index contributed by atoms with van der Waals surface area (Å²) < 4.78 is 5.18. The lowest BCUT2D eigenvalue weighted by Crippen LogP contribution is -2.32. The van der Waals surface area contributed by atoms with Crippen LogP contribution in [-0.2, 0) is 9.59 Å². The largest absolute Gasteiger partial charge is 0.503 e. The number of rotatable bonds is 4. The monoisotopic (exact) mass is 365 g/mol. The smallest absolute Gasteiger partial charge is 0.294 e. The maximum atomic E-state index is 13.1. The van der Waals surface area contributed by atoms with Crippen LogP contribution in [0.3, 0.4) is 0 Å². The molecule has 0 bridgehead atoms. The molecular weight excluding hydrogens is 342 g/mol. The van der Waals surface area contributed by atoms with Crippen LogP contribution in [0.1, 0.15) is 32.4 Å². The molecule has 1 unspecified atom stereocenters. The Kier molecular flexibility index (Phi) is 4.79. The molecule has 1 aliphatic rings. The second-order valence-corrected chi connectivity index (χ2v) is 7.53. The molecule has 5 nitrogen and oxygen atoms in total. The number of hydrogen-bond acceptors (Lipinski definition) is 4. The molecule has 0 saturated carbocycles. The van der Waals surface area contributed by atoms with Crippen molar-refractivity contribution in [3.05, 3.63) is 71.5 Å². The van der Waals surface area contributed by atoms with Crippen molar-refractivity contribution in [1.82, 2.24) is 0 Å². The number of Topliss-reactive ketones (excluding diaryl/α,β-unsaturated/α-hetero) is 1. The van der Waals surface area contributed by atoms with Crippen molar-refractivity contribution in [2.45, 2.75) is 26.8 Å². The minimum Gasteiger partial charge on any atom is -0.503 e. The summed E-state index contributed by atoms with van der Waals surface area (Å²) in [5.74, 6) is -0.663. The zero-order chi connectivity index (χ0) is 19.8. The van der Waals surface area contributed by atoms with E-state index in [2.05, 4.69) is 0 Å². The van der Waals surface area contributed by atoms with Gasteiger partial charge in [-0.3, -0.25) is 14.5 Å². The fourth-order valence-electron chi connectivity index (χ4n) is 3.20. The number of anilines is 1. The Hall–Kier alpha value is -3.08. The first kappa shape index (κ1) is 18.7. The maximum Gasteiger partial charge on any atom is 0.294 e. The van der Waals surface area contributed by atoms with E-state index in [4.69, 9.17) is 4.74 Å². The Morgan fingerprint density at radius 1 is 1.04 bits per heavy atom. The number of benzene rings is 2. The lowest BCUT2D eigenvalue weighted by atomic mass is 9.82. The third-order valence-corrected chi connectivity index (χ3v) is 4.60. The Bertz CT molecular complexity index is 892. The molecule has 5 heteroatoms. The molecule has 3 rings (SSSR count). The SMILES string of the molecule is COc1ccc(N2C(=O)C(O)=C(C(=O)C(C)(C)C)C2c2ccccc2)cc1. The van der Waals surface area contributed by atoms with E-state index in [0.29, 0.717) is 11.4 Å². The normalized spacial score (nSPS) is 17.4. The van der Waals surface area contributed by atoms with Crippen molar-refractivity contribution in [3.8, 4) is 5.75 Å². The molecule has 0 radical (unpaired) electrons. The second-order valence-electron chi connectivity index (χ2n) is 7.53. The predicted molar refractivity (Wildman–Crippen MR) is 104 cm³/mol. The van der Waals surface area contributed by atoms with E-state index in [9.17, 15) is 14.7 Å². The summed E-state index contributed by atoms with van der Waals surface area (Å²) in [5, 5.41) is 10.6. The molecule has 0 saturated heterocycles. The van der Waals surface area contributed by atoms with Crippen LogP contribution in [0.2, 0.25) is 0 Å². The molecule has 1 amide bonds. The number of carbonyl (C=O) groups excluding carboxylic acids is 2. The van der Waals surface area contributed by atoms with Crippen LogP contribution in [0.15, 0.2) is 65.9 Å². The fraction of sp³-hybridized carbons (Fsp3) is 0.273. The molecule has 0 fully saturated rings. The van der Waals surface area contributed by atoms with E-state index in [0.717, 1.165) is 5.56 Å². The first-order valence-electron chi connectivity index (χ1n) is 8.76. The Balaban J connectivity index is 2.16. The van der Waals surface area contributed by atoms with Gasteiger partial charge in [0.1, 0.15) is 5.75 Å². The highest BCUT2D eigenvalue weighted by Gasteiger charge is 2.46. The zero-order valence-electron chi connectivity index (χ0n) is 15.9. The van der Waals surface area contributed by atoms with E-state index < -0.39 is 23.1 Å². The van der Waals surface area contributed by atoms with Crippen LogP contribution in [-0.4, -0.2) is 23.9 Å². The number of ether oxygens (including phenoxy) is 1. The highest BCUT2D eigenvalue weighted by Crippen LogP contribution is 2.43. The number of amides is 1. The number of nitrogens with zero attached hydrogens (tertiary/aromatic N) is 1. The highest BCUT2D eigenvalue weighted by molar-refractivity contribution is 6.17. The van der Waals surface area contributed by atoms with E-state index in [-0.39, 0.29) is 11.4 Å². The van der Waals surface area contributed by atoms with E-state index in [1.165, 1.54) is 4.90 Å². The number of hydrogen-bond donors (Lipinski definition) is 1. The summed E-state index contributed by atoms with van der Waals surface area (Å²) in [6.07, 6.45) is 0. The molecule has 1 atom stereocenters. The van der Waals surface area contributed by atoms with Gasteiger partial charge in [0.15, 0.2) is 11.5 Å². The molecule has 0 aliphatic carbocycles. The van der Waals surface area contributed by atoms with Gasteiger partial charge >= 0.3 is 0 Å². The van der Waals surface area contributed by atoms with Crippen molar-refractivity contribution in [1.29, 1.82) is 0 Å². The van der Waals surface area contributed by atoms with Crippen LogP contribution in [0, 0.1) is 5.41 Å². The third kappa shape index (κ3) is 3.33. The van der Waals surface area contributed by atoms with Gasteiger partial charge in [-0.25, -0.2) is 0 Å². The molecule has 1 aliphatic heterocycles. The molecule has 1 N–H and O–H groups in total. The van der Waals surface area contributed by atoms with Gasteiger partial charge in [0.2, 0.25) is 0 Å². The van der Waals surface area contributed by atoms with Gasteiger partial charge in [0.25, 0.3) is 5.91 Å². The minimum atomic E-state index is -0.730. The van der Waals surface area contributed by atoms with Crippen LogP contribution < -0.4 is 9.64 Å². The number of methoxy groups -OCH3 is 1. The Labute approximate surface area is 158 Å². The molecule has 0 aromatic heterocycles. The minimum absolute atomic E-state index is 0.134. The topological polar surface area (TPSA) is 66.8 Å². The van der Waals surface area contributed by atoms with Crippen LogP contribution in [0.25, 0.3) is 0 Å². The molecule has 140 valence electrons. The van der Waals surface area contributed by atoms with E-state index in [1.807, 2.05) is 30.3 Å². The van der Waals surface area contributed by atoms with Gasteiger partial charge in [-0.05, 0) is 29.8 Å². The molecule has 0 spiro atoms. The first-order valence-corrected chi connectivity index (χ1v) is 8.76. The summed E-state index contributed by atoms with van der Waals surface area (Å²) in [5.41, 5.74) is 0.748. The Morgan fingerprint density at radius 3 is 2.15 bits per heavy atom. The number of aliphatic hydroxyl groups is 1. The van der Waals surface area contributed by atoms with Gasteiger partial charge in [-0.2, -0.15) is 0 Å². The van der Waals surface area contributed by atoms with Crippen molar-refractivity contribution in [2.75, 3.05) is 12.0 Å². The summed E-state index contributed by atoms with van der Waals surface area (Å²) in [6.45, 7) is 5.33. The number of aliphatic hydroxyl groups excluding tert-OH is 1. The van der Waals surface area contributed by atoms with Crippen molar-refractivity contribution >= 4 is 17.4 Å². The van der Waals surface area contributed by atoms with Crippen LogP contribution in [0.4, 0.5) is 5.69 Å². The average Bonchev–Trinajstić information content (AvgIpc) is 2.92. The number of carbonyl (C=O) groups is 2. The van der Waals surface area contributed by atoms with Gasteiger partial charge in [0, 0.05) is 11.1 Å². The lowest BCUT2D eigenvalue weighted by molar-refractivity contribution is -0.123. The van der Waals surface area contributed by atoms with Crippen molar-refractivity contribution < 1.29 is 19.4 Å². The van der Waals surface area contributed by atoms with Gasteiger partial charge in [-0.15, -0.1) is 0 Å². The van der Waals surface area contributed by atoms with E-state index >= 15 is 0 Å². The van der Waals surface area contributed by atoms with Gasteiger partial charge < -0.3 is 9.84 Å². The fourth-order valence-corrected chi connectivity index (χ4v) is 3.20. The van der Waals surface area contributed by atoms with Gasteiger partial charge in [-0.1, -0.05) is 51.1 Å². The Morgan fingerprint density at radius 2 is 1.63 bits per heavy atom. The van der Waals surface area contributed by atoms with Crippen molar-refractivity contribution in [3.63, 3.8) is 0 Å². The van der Waals surface area contributed by atoms with Crippen LogP contribution >= 0.6 is 0 Å². The average molecular weight is 365 g/mol. The summed E-state index contributed by atoms with van der Waals surface area (Å²) >= 11 is 0. The van der Waals surface area contributed by atoms with E-state index in [1.54, 1.807) is 52.1 Å². The summed E-state index contributed by atoms with van der Waals surface area (Å²) in [4.78, 5) is 27.4. The second kappa shape index (κ2) is 6.91. The molecule has 2 aromatic carbocycles. The molecule has 27 heavy (non-hydrogen) atoms. The maximum absolute atomic E-state index is 13.1. The first-order chi connectivity index (χ1) is 12.8. The molecule has 1 heterocycles. The quantitative estimate of drug-likeness (QED) is 0.881. The van der Waals surface area contributed by atoms with Crippen LogP contribution in [0.5, 0.6) is 5.75 Å². The summed E-state index contributed by atoms with van der Waals surface area (Å²) in [6, 6.07) is 15.5. The van der Waals surface area contributed by atoms with Gasteiger partial charge in [0.05, 0.1) is 18.7 Å². The molecule has 2 aromatic rings. The third-order valence-electron chi connectivity index (χ3n) is 4.60. The summed E-state index contributed by atoms with van der Waals surface area (Å²) in [7, 11) is 1.57. The van der Waals surface area contributed by atoms with Crippen molar-refractivity contribution in [2.24, 2.45) is 5.41 Å². The molecular formula is C22H23NO4. The predicted octanol–water partition coefficient (Wildman–Crippen LogP) is 4.21. The zero-order valence-corrected chi connectivity index (χ0v) is 15.9.